The minimum Gasteiger partial charge on any atom is -0.462 e. The van der Waals surface area contributed by atoms with Gasteiger partial charge >= 0.3 is 5.97 Å². The molecule has 0 spiro atoms. The summed E-state index contributed by atoms with van der Waals surface area (Å²) in [5.74, 6) is -0.302. The van der Waals surface area contributed by atoms with Crippen LogP contribution < -0.4 is 0 Å². The lowest BCUT2D eigenvalue weighted by Crippen LogP contribution is -2.07. The molecule has 2 aromatic rings. The molecule has 130 valence electrons. The molecule has 0 saturated carbocycles. The van der Waals surface area contributed by atoms with Gasteiger partial charge in [0, 0.05) is 16.7 Å². The molecular weight excluding hydrogens is 312 g/mol. The summed E-state index contributed by atoms with van der Waals surface area (Å²) in [4.78, 5) is 24.3. The van der Waals surface area contributed by atoms with E-state index in [1.54, 1.807) is 37.3 Å². The second-order valence-corrected chi connectivity index (χ2v) is 5.99. The highest BCUT2D eigenvalue weighted by Gasteiger charge is 2.09. The molecule has 0 aliphatic rings. The van der Waals surface area contributed by atoms with Gasteiger partial charge in [0.1, 0.15) is 0 Å². The Labute approximate surface area is 149 Å². The second-order valence-electron chi connectivity index (χ2n) is 5.99. The van der Waals surface area contributed by atoms with E-state index in [2.05, 4.69) is 6.92 Å². The van der Waals surface area contributed by atoms with Crippen molar-refractivity contribution in [3.8, 4) is 0 Å². The molecule has 2 rings (SSSR count). The van der Waals surface area contributed by atoms with Crippen LogP contribution in [0.5, 0.6) is 0 Å². The lowest BCUT2D eigenvalue weighted by Gasteiger charge is -2.05. The van der Waals surface area contributed by atoms with Gasteiger partial charge in [0.2, 0.25) is 0 Å². The number of benzene rings is 2. The van der Waals surface area contributed by atoms with Gasteiger partial charge in [-0.05, 0) is 25.0 Å². The first-order chi connectivity index (χ1) is 12.1. The van der Waals surface area contributed by atoms with Crippen molar-refractivity contribution in [1.82, 2.24) is 0 Å². The maximum Gasteiger partial charge on any atom is 0.333 e. The molecule has 0 unspecified atom stereocenters. The first kappa shape index (κ1) is 18.7. The van der Waals surface area contributed by atoms with Crippen LogP contribution in [0.4, 0.5) is 0 Å². The van der Waals surface area contributed by atoms with E-state index in [0.717, 1.165) is 24.8 Å². The fourth-order valence-corrected chi connectivity index (χ4v) is 2.43. The summed E-state index contributed by atoms with van der Waals surface area (Å²) in [6.07, 6.45) is 4.83. The summed E-state index contributed by atoms with van der Waals surface area (Å²) in [6, 6.07) is 16.4. The van der Waals surface area contributed by atoms with E-state index in [0.29, 0.717) is 23.3 Å². The third-order valence-corrected chi connectivity index (χ3v) is 3.90. The highest BCUT2D eigenvalue weighted by atomic mass is 16.5. The number of esters is 1. The van der Waals surface area contributed by atoms with E-state index in [1.165, 1.54) is 0 Å². The van der Waals surface area contributed by atoms with E-state index in [9.17, 15) is 9.59 Å². The van der Waals surface area contributed by atoms with Crippen LogP contribution in [0.3, 0.4) is 0 Å². The molecule has 0 fully saturated rings. The number of ketones is 1. The van der Waals surface area contributed by atoms with Crippen molar-refractivity contribution in [3.63, 3.8) is 0 Å². The summed E-state index contributed by atoms with van der Waals surface area (Å²) >= 11 is 0. The molecule has 0 aliphatic heterocycles. The fourth-order valence-electron chi connectivity index (χ4n) is 2.43. The average Bonchev–Trinajstić information content (AvgIpc) is 2.65. The standard InChI is InChI=1S/C22H24O3/c1-3-4-8-15-25-22(24)17(2)16-18-11-13-20(14-12-18)21(23)19-9-6-5-7-10-19/h5-7,9-14,16H,3-4,8,15H2,1-2H3/b17-16+. The number of carbonyl (C=O) groups is 2. The largest absolute Gasteiger partial charge is 0.462 e. The molecule has 0 atom stereocenters. The molecule has 25 heavy (non-hydrogen) atoms. The first-order valence-electron chi connectivity index (χ1n) is 8.67. The Morgan fingerprint density at radius 1 is 0.920 bits per heavy atom. The van der Waals surface area contributed by atoms with Crippen molar-refractivity contribution in [3.05, 3.63) is 76.9 Å². The molecule has 0 N–H and O–H groups in total. The number of unbranched alkanes of at least 4 members (excludes halogenated alkanes) is 2. The van der Waals surface area contributed by atoms with Crippen LogP contribution >= 0.6 is 0 Å². The van der Waals surface area contributed by atoms with E-state index in [-0.39, 0.29) is 11.8 Å². The predicted molar refractivity (Wildman–Crippen MR) is 100 cm³/mol. The van der Waals surface area contributed by atoms with E-state index < -0.39 is 0 Å². The third-order valence-electron chi connectivity index (χ3n) is 3.90. The molecule has 0 amide bonds. The molecule has 0 aromatic heterocycles. The molecule has 0 aliphatic carbocycles. The zero-order valence-electron chi connectivity index (χ0n) is 14.8. The van der Waals surface area contributed by atoms with Gasteiger partial charge in [-0.2, -0.15) is 0 Å². The van der Waals surface area contributed by atoms with Gasteiger partial charge in [0.25, 0.3) is 0 Å². The zero-order chi connectivity index (χ0) is 18.1. The summed E-state index contributed by atoms with van der Waals surface area (Å²) < 4.78 is 5.24. The smallest absolute Gasteiger partial charge is 0.333 e. The molecule has 0 radical (unpaired) electrons. The molecule has 3 nitrogen and oxygen atoms in total. The minimum atomic E-state index is -0.291. The van der Waals surface area contributed by atoms with Crippen LogP contribution in [0.25, 0.3) is 6.08 Å². The summed E-state index contributed by atoms with van der Waals surface area (Å²) in [5.41, 5.74) is 2.71. The highest BCUT2D eigenvalue weighted by molar-refractivity contribution is 6.09. The average molecular weight is 336 g/mol. The van der Waals surface area contributed by atoms with Crippen LogP contribution in [0.15, 0.2) is 60.2 Å². The van der Waals surface area contributed by atoms with Crippen LogP contribution in [0, 0.1) is 0 Å². The number of hydrogen-bond acceptors (Lipinski definition) is 3. The maximum atomic E-state index is 12.4. The Kier molecular flexibility index (Phi) is 7.15. The molecule has 0 saturated heterocycles. The van der Waals surface area contributed by atoms with Gasteiger partial charge < -0.3 is 4.74 Å². The van der Waals surface area contributed by atoms with Gasteiger partial charge in [-0.3, -0.25) is 4.79 Å². The number of hydrogen-bond donors (Lipinski definition) is 0. The Morgan fingerprint density at radius 3 is 2.20 bits per heavy atom. The lowest BCUT2D eigenvalue weighted by molar-refractivity contribution is -0.139. The summed E-state index contributed by atoms with van der Waals surface area (Å²) in [5, 5.41) is 0. The van der Waals surface area contributed by atoms with Crippen LogP contribution in [-0.2, 0) is 9.53 Å². The maximum absolute atomic E-state index is 12.4. The van der Waals surface area contributed by atoms with Gasteiger partial charge in [-0.25, -0.2) is 4.79 Å². The first-order valence-corrected chi connectivity index (χ1v) is 8.67. The molecular formula is C22H24O3. The zero-order valence-corrected chi connectivity index (χ0v) is 14.8. The number of rotatable bonds is 8. The van der Waals surface area contributed by atoms with E-state index >= 15 is 0 Å². The van der Waals surface area contributed by atoms with Crippen LogP contribution in [0.2, 0.25) is 0 Å². The minimum absolute atomic E-state index is 0.0109. The van der Waals surface area contributed by atoms with Gasteiger partial charge in [-0.1, -0.05) is 74.4 Å². The Hall–Kier alpha value is -2.68. The Balaban J connectivity index is 1.99. The summed E-state index contributed by atoms with van der Waals surface area (Å²) in [7, 11) is 0. The third kappa shape index (κ3) is 5.71. The van der Waals surface area contributed by atoms with Crippen LogP contribution in [-0.4, -0.2) is 18.4 Å². The summed E-state index contributed by atoms with van der Waals surface area (Å²) in [6.45, 7) is 4.31. The lowest BCUT2D eigenvalue weighted by atomic mass is 10.0. The molecule has 0 bridgehead atoms. The molecule has 3 heteroatoms. The predicted octanol–water partition coefficient (Wildman–Crippen LogP) is 5.05. The molecule has 0 heterocycles. The van der Waals surface area contributed by atoms with Crippen molar-refractivity contribution in [2.45, 2.75) is 33.1 Å². The second kappa shape index (κ2) is 9.58. The van der Waals surface area contributed by atoms with Gasteiger partial charge in [-0.15, -0.1) is 0 Å². The van der Waals surface area contributed by atoms with E-state index in [1.807, 2.05) is 30.3 Å². The van der Waals surface area contributed by atoms with Crippen molar-refractivity contribution in [2.75, 3.05) is 6.61 Å². The normalized spacial score (nSPS) is 11.2. The quantitative estimate of drug-likeness (QED) is 0.293. The highest BCUT2D eigenvalue weighted by Crippen LogP contribution is 2.14. The van der Waals surface area contributed by atoms with Crippen molar-refractivity contribution >= 4 is 17.8 Å². The number of carbonyl (C=O) groups excluding carboxylic acids is 2. The SMILES string of the molecule is CCCCCOC(=O)/C(C)=C/c1ccc(C(=O)c2ccccc2)cc1. The van der Waals surface area contributed by atoms with Crippen molar-refractivity contribution in [1.29, 1.82) is 0 Å². The van der Waals surface area contributed by atoms with Crippen molar-refractivity contribution < 1.29 is 14.3 Å². The monoisotopic (exact) mass is 336 g/mol. The van der Waals surface area contributed by atoms with Crippen molar-refractivity contribution in [2.24, 2.45) is 0 Å². The van der Waals surface area contributed by atoms with E-state index in [4.69, 9.17) is 4.74 Å². The van der Waals surface area contributed by atoms with Gasteiger partial charge in [0.05, 0.1) is 6.61 Å². The number of ether oxygens (including phenoxy) is 1. The molecule has 2 aromatic carbocycles. The van der Waals surface area contributed by atoms with Gasteiger partial charge in [0.15, 0.2) is 5.78 Å². The van der Waals surface area contributed by atoms with Crippen LogP contribution in [0.1, 0.15) is 54.6 Å². The topological polar surface area (TPSA) is 43.4 Å². The fraction of sp³-hybridized carbons (Fsp3) is 0.273. The Morgan fingerprint density at radius 2 is 1.56 bits per heavy atom. The Bertz CT molecular complexity index is 728.